The van der Waals surface area contributed by atoms with E-state index in [4.69, 9.17) is 4.74 Å². The first-order valence-corrected chi connectivity index (χ1v) is 7.36. The average molecular weight is 262 g/mol. The normalized spacial score (nSPS) is 20.7. The van der Waals surface area contributed by atoms with E-state index < -0.39 is 0 Å². The van der Waals surface area contributed by atoms with Gasteiger partial charge in [-0.1, -0.05) is 32.9 Å². The van der Waals surface area contributed by atoms with Crippen LogP contribution in [0.25, 0.3) is 0 Å². The summed E-state index contributed by atoms with van der Waals surface area (Å²) in [6.45, 7) is 11.6. The summed E-state index contributed by atoms with van der Waals surface area (Å²) < 4.78 is 5.79. The van der Waals surface area contributed by atoms with Gasteiger partial charge in [0.15, 0.2) is 0 Å². The Morgan fingerprint density at radius 3 is 2.68 bits per heavy atom. The van der Waals surface area contributed by atoms with Crippen molar-refractivity contribution in [3.63, 3.8) is 0 Å². The molecule has 1 N–H and O–H groups in total. The summed E-state index contributed by atoms with van der Waals surface area (Å²) in [5.41, 5.74) is 2.57. The minimum atomic E-state index is 0.304. The third kappa shape index (κ3) is 4.22. The standard InChI is InChI=1S/C16H26N2O/c1-4-18-9-10-19-16(12-18)11-17-15-7-5-14(6-8-15)13(2)3/h5-8,13,16-17H,4,9-12H2,1-3H3. The molecule has 1 aromatic carbocycles. The number of nitrogens with zero attached hydrogens (tertiary/aromatic N) is 1. The fourth-order valence-corrected chi connectivity index (χ4v) is 2.41. The molecule has 1 atom stereocenters. The van der Waals surface area contributed by atoms with Gasteiger partial charge in [0.2, 0.25) is 0 Å². The first-order chi connectivity index (χ1) is 9.19. The number of nitrogens with one attached hydrogen (secondary N) is 1. The zero-order valence-corrected chi connectivity index (χ0v) is 12.4. The van der Waals surface area contributed by atoms with Crippen LogP contribution in [0, 0.1) is 0 Å². The molecule has 1 aliphatic heterocycles. The van der Waals surface area contributed by atoms with Gasteiger partial charge in [-0.3, -0.25) is 4.90 Å². The Hall–Kier alpha value is -1.06. The van der Waals surface area contributed by atoms with Gasteiger partial charge < -0.3 is 10.1 Å². The summed E-state index contributed by atoms with van der Waals surface area (Å²) in [5, 5.41) is 3.47. The van der Waals surface area contributed by atoms with Gasteiger partial charge in [-0.05, 0) is 30.2 Å². The third-order valence-electron chi connectivity index (χ3n) is 3.78. The van der Waals surface area contributed by atoms with Crippen LogP contribution in [0.4, 0.5) is 5.69 Å². The molecule has 3 nitrogen and oxygen atoms in total. The quantitative estimate of drug-likeness (QED) is 0.883. The van der Waals surface area contributed by atoms with Gasteiger partial charge in [0.25, 0.3) is 0 Å². The van der Waals surface area contributed by atoms with Crippen LogP contribution in [0.3, 0.4) is 0 Å². The van der Waals surface area contributed by atoms with Gasteiger partial charge >= 0.3 is 0 Å². The monoisotopic (exact) mass is 262 g/mol. The first kappa shape index (κ1) is 14.4. The molecular weight excluding hydrogens is 236 g/mol. The Labute approximate surface area is 116 Å². The molecular formula is C16H26N2O. The molecule has 1 aliphatic rings. The number of hydrogen-bond donors (Lipinski definition) is 1. The number of morpholine rings is 1. The predicted molar refractivity (Wildman–Crippen MR) is 80.9 cm³/mol. The Morgan fingerprint density at radius 1 is 1.32 bits per heavy atom. The van der Waals surface area contributed by atoms with Gasteiger partial charge in [0.05, 0.1) is 12.7 Å². The highest BCUT2D eigenvalue weighted by molar-refractivity contribution is 5.45. The maximum atomic E-state index is 5.79. The van der Waals surface area contributed by atoms with Crippen LogP contribution in [0.15, 0.2) is 24.3 Å². The summed E-state index contributed by atoms with van der Waals surface area (Å²) in [7, 11) is 0. The van der Waals surface area contributed by atoms with Crippen molar-refractivity contribution in [2.24, 2.45) is 0 Å². The number of hydrogen-bond acceptors (Lipinski definition) is 3. The average Bonchev–Trinajstić information content (AvgIpc) is 2.46. The van der Waals surface area contributed by atoms with Crippen molar-refractivity contribution in [3.05, 3.63) is 29.8 Å². The lowest BCUT2D eigenvalue weighted by Gasteiger charge is -2.32. The second kappa shape index (κ2) is 6.92. The van der Waals surface area contributed by atoms with Crippen molar-refractivity contribution in [1.82, 2.24) is 4.90 Å². The smallest absolute Gasteiger partial charge is 0.0874 e. The van der Waals surface area contributed by atoms with E-state index in [2.05, 4.69) is 55.3 Å². The van der Waals surface area contributed by atoms with Gasteiger partial charge in [0, 0.05) is 25.3 Å². The van der Waals surface area contributed by atoms with E-state index in [1.807, 2.05) is 0 Å². The molecule has 0 saturated carbocycles. The highest BCUT2D eigenvalue weighted by atomic mass is 16.5. The van der Waals surface area contributed by atoms with Crippen molar-refractivity contribution in [2.75, 3.05) is 38.1 Å². The van der Waals surface area contributed by atoms with Crippen molar-refractivity contribution >= 4 is 5.69 Å². The predicted octanol–water partition coefficient (Wildman–Crippen LogP) is 2.94. The highest BCUT2D eigenvalue weighted by Gasteiger charge is 2.18. The van der Waals surface area contributed by atoms with E-state index in [0.717, 1.165) is 32.8 Å². The van der Waals surface area contributed by atoms with Crippen molar-refractivity contribution in [2.45, 2.75) is 32.8 Å². The molecule has 3 heteroatoms. The zero-order valence-electron chi connectivity index (χ0n) is 12.4. The molecule has 0 amide bonds. The van der Waals surface area contributed by atoms with Gasteiger partial charge in [-0.2, -0.15) is 0 Å². The SMILES string of the molecule is CCN1CCOC(CNc2ccc(C(C)C)cc2)C1. The summed E-state index contributed by atoms with van der Waals surface area (Å²) in [6.07, 6.45) is 0.304. The van der Waals surface area contributed by atoms with Gasteiger partial charge in [0.1, 0.15) is 0 Å². The molecule has 0 radical (unpaired) electrons. The molecule has 2 rings (SSSR count). The van der Waals surface area contributed by atoms with Crippen LogP contribution in [0.2, 0.25) is 0 Å². The van der Waals surface area contributed by atoms with Crippen LogP contribution in [-0.2, 0) is 4.74 Å². The molecule has 0 bridgehead atoms. The molecule has 1 heterocycles. The summed E-state index contributed by atoms with van der Waals surface area (Å²) >= 11 is 0. The van der Waals surface area contributed by atoms with E-state index in [0.29, 0.717) is 12.0 Å². The number of ether oxygens (including phenoxy) is 1. The number of anilines is 1. The van der Waals surface area contributed by atoms with Crippen molar-refractivity contribution in [3.8, 4) is 0 Å². The topological polar surface area (TPSA) is 24.5 Å². The molecule has 1 aromatic rings. The van der Waals surface area contributed by atoms with E-state index >= 15 is 0 Å². The van der Waals surface area contributed by atoms with Crippen LogP contribution >= 0.6 is 0 Å². The molecule has 0 aliphatic carbocycles. The number of likely N-dealkylation sites (N-methyl/N-ethyl adjacent to an activating group) is 1. The Kier molecular flexibility index (Phi) is 5.23. The second-order valence-corrected chi connectivity index (χ2v) is 5.54. The lowest BCUT2D eigenvalue weighted by molar-refractivity contribution is -0.0191. The maximum Gasteiger partial charge on any atom is 0.0874 e. The Morgan fingerprint density at radius 2 is 2.05 bits per heavy atom. The fourth-order valence-electron chi connectivity index (χ4n) is 2.41. The highest BCUT2D eigenvalue weighted by Crippen LogP contribution is 2.17. The van der Waals surface area contributed by atoms with Crippen LogP contribution in [0.5, 0.6) is 0 Å². The minimum Gasteiger partial charge on any atom is -0.382 e. The number of benzene rings is 1. The number of rotatable bonds is 5. The lowest BCUT2D eigenvalue weighted by atomic mass is 10.0. The lowest BCUT2D eigenvalue weighted by Crippen LogP contribution is -2.45. The Bertz CT molecular complexity index is 375. The largest absolute Gasteiger partial charge is 0.382 e. The summed E-state index contributed by atoms with van der Waals surface area (Å²) in [4.78, 5) is 2.44. The molecule has 1 fully saturated rings. The third-order valence-corrected chi connectivity index (χ3v) is 3.78. The fraction of sp³-hybridized carbons (Fsp3) is 0.625. The maximum absolute atomic E-state index is 5.79. The van der Waals surface area contributed by atoms with Gasteiger partial charge in [-0.25, -0.2) is 0 Å². The van der Waals surface area contributed by atoms with Crippen molar-refractivity contribution in [1.29, 1.82) is 0 Å². The van der Waals surface area contributed by atoms with E-state index in [1.165, 1.54) is 11.3 Å². The van der Waals surface area contributed by atoms with E-state index in [1.54, 1.807) is 0 Å². The van der Waals surface area contributed by atoms with E-state index in [-0.39, 0.29) is 0 Å². The molecule has 0 spiro atoms. The summed E-state index contributed by atoms with van der Waals surface area (Å²) in [6, 6.07) is 8.73. The summed E-state index contributed by atoms with van der Waals surface area (Å²) in [5.74, 6) is 0.592. The van der Waals surface area contributed by atoms with Crippen molar-refractivity contribution < 1.29 is 4.74 Å². The first-order valence-electron chi connectivity index (χ1n) is 7.36. The molecule has 1 saturated heterocycles. The van der Waals surface area contributed by atoms with Gasteiger partial charge in [-0.15, -0.1) is 0 Å². The molecule has 19 heavy (non-hydrogen) atoms. The second-order valence-electron chi connectivity index (χ2n) is 5.54. The van der Waals surface area contributed by atoms with Crippen LogP contribution in [-0.4, -0.2) is 43.8 Å². The van der Waals surface area contributed by atoms with Crippen LogP contribution < -0.4 is 5.32 Å². The van der Waals surface area contributed by atoms with E-state index in [9.17, 15) is 0 Å². The molecule has 0 aromatic heterocycles. The molecule has 106 valence electrons. The molecule has 1 unspecified atom stereocenters. The zero-order chi connectivity index (χ0) is 13.7. The van der Waals surface area contributed by atoms with Crippen LogP contribution in [0.1, 0.15) is 32.3 Å². The minimum absolute atomic E-state index is 0.304. The Balaban J connectivity index is 1.81.